The summed E-state index contributed by atoms with van der Waals surface area (Å²) in [6, 6.07) is 27.8. The predicted octanol–water partition coefficient (Wildman–Crippen LogP) is 5.55. The van der Waals surface area contributed by atoms with Gasteiger partial charge in [0.2, 0.25) is 0 Å². The van der Waals surface area contributed by atoms with Gasteiger partial charge in [-0.15, -0.1) is 0 Å². The zero-order valence-electron chi connectivity index (χ0n) is 16.4. The van der Waals surface area contributed by atoms with E-state index in [-0.39, 0.29) is 0 Å². The van der Waals surface area contributed by atoms with Gasteiger partial charge in [0.1, 0.15) is 5.75 Å². The molecule has 0 amide bonds. The summed E-state index contributed by atoms with van der Waals surface area (Å²) in [5.74, 6) is 0.891. The Labute approximate surface area is 166 Å². The molecule has 0 saturated heterocycles. The van der Waals surface area contributed by atoms with Crippen LogP contribution in [0.3, 0.4) is 0 Å². The predicted molar refractivity (Wildman–Crippen MR) is 116 cm³/mol. The lowest BCUT2D eigenvalue weighted by atomic mass is 10.1. The van der Waals surface area contributed by atoms with E-state index >= 15 is 0 Å². The fourth-order valence-corrected chi connectivity index (χ4v) is 3.65. The molecule has 3 nitrogen and oxygen atoms in total. The number of rotatable bonds is 7. The number of fused-ring (bicyclic) bond motifs is 1. The number of benzene rings is 3. The summed E-state index contributed by atoms with van der Waals surface area (Å²) in [5.41, 5.74) is 5.11. The molecule has 0 aliphatic carbocycles. The molecule has 3 heteroatoms. The molecule has 1 heterocycles. The summed E-state index contributed by atoms with van der Waals surface area (Å²) < 4.78 is 7.80. The van der Waals surface area contributed by atoms with Crippen molar-refractivity contribution in [3.8, 4) is 5.75 Å². The fraction of sp³-hybridized carbons (Fsp3) is 0.200. The average Bonchev–Trinajstić information content (AvgIpc) is 3.10. The first-order chi connectivity index (χ1) is 13.7. The van der Waals surface area contributed by atoms with Gasteiger partial charge in [-0.2, -0.15) is 0 Å². The number of hydrogen-bond acceptors (Lipinski definition) is 2. The van der Waals surface area contributed by atoms with E-state index in [2.05, 4.69) is 95.8 Å². The van der Waals surface area contributed by atoms with E-state index in [1.54, 1.807) is 7.11 Å². The van der Waals surface area contributed by atoms with E-state index in [0.29, 0.717) is 6.04 Å². The minimum absolute atomic E-state index is 0.291. The zero-order chi connectivity index (χ0) is 19.3. The molecule has 0 bridgehead atoms. The van der Waals surface area contributed by atoms with Gasteiger partial charge < -0.3 is 14.6 Å². The molecule has 0 radical (unpaired) electrons. The highest BCUT2D eigenvalue weighted by Gasteiger charge is 2.12. The Hall–Kier alpha value is -3.04. The van der Waals surface area contributed by atoms with Crippen LogP contribution in [0.5, 0.6) is 5.75 Å². The molecular formula is C25H26N2O. The molecule has 0 aliphatic heterocycles. The molecule has 1 aromatic heterocycles. The topological polar surface area (TPSA) is 26.2 Å². The second-order valence-electron chi connectivity index (χ2n) is 7.16. The highest BCUT2D eigenvalue weighted by Crippen LogP contribution is 2.27. The lowest BCUT2D eigenvalue weighted by molar-refractivity contribution is 0.415. The monoisotopic (exact) mass is 370 g/mol. The largest absolute Gasteiger partial charge is 0.497 e. The van der Waals surface area contributed by atoms with Crippen LogP contribution in [0, 0.1) is 0 Å². The molecule has 142 valence electrons. The van der Waals surface area contributed by atoms with Gasteiger partial charge in [-0.1, -0.05) is 60.7 Å². The van der Waals surface area contributed by atoms with E-state index < -0.39 is 0 Å². The Kier molecular flexibility index (Phi) is 5.45. The summed E-state index contributed by atoms with van der Waals surface area (Å²) in [7, 11) is 1.72. The van der Waals surface area contributed by atoms with Crippen LogP contribution < -0.4 is 10.1 Å². The molecule has 4 aromatic rings. The molecule has 28 heavy (non-hydrogen) atoms. The molecule has 1 unspecified atom stereocenters. The Morgan fingerprint density at radius 3 is 2.36 bits per heavy atom. The molecule has 0 aliphatic rings. The lowest BCUT2D eigenvalue weighted by Crippen LogP contribution is -2.17. The van der Waals surface area contributed by atoms with Crippen molar-refractivity contribution in [3.63, 3.8) is 0 Å². The summed E-state index contributed by atoms with van der Waals surface area (Å²) in [6.45, 7) is 3.87. The van der Waals surface area contributed by atoms with Crippen LogP contribution >= 0.6 is 0 Å². The summed E-state index contributed by atoms with van der Waals surface area (Å²) in [4.78, 5) is 0. The second-order valence-corrected chi connectivity index (χ2v) is 7.16. The van der Waals surface area contributed by atoms with Crippen LogP contribution in [0.25, 0.3) is 10.9 Å². The second kappa shape index (κ2) is 8.32. The van der Waals surface area contributed by atoms with Crippen molar-refractivity contribution in [1.82, 2.24) is 9.88 Å². The van der Waals surface area contributed by atoms with Crippen LogP contribution in [0.1, 0.15) is 29.7 Å². The smallest absolute Gasteiger partial charge is 0.119 e. The van der Waals surface area contributed by atoms with Crippen molar-refractivity contribution >= 4 is 10.9 Å². The number of methoxy groups -OCH3 is 1. The Bertz CT molecular complexity index is 1040. The van der Waals surface area contributed by atoms with Gasteiger partial charge in [0.25, 0.3) is 0 Å². The summed E-state index contributed by atoms with van der Waals surface area (Å²) in [6.07, 6.45) is 2.27. The number of aromatic nitrogens is 1. The minimum atomic E-state index is 0.291. The van der Waals surface area contributed by atoms with Crippen molar-refractivity contribution in [1.29, 1.82) is 0 Å². The first-order valence-electron chi connectivity index (χ1n) is 9.72. The lowest BCUT2D eigenvalue weighted by Gasteiger charge is -2.14. The average molecular weight is 370 g/mol. The van der Waals surface area contributed by atoms with Crippen LogP contribution in [-0.2, 0) is 13.1 Å². The Morgan fingerprint density at radius 2 is 1.64 bits per heavy atom. The molecular weight excluding hydrogens is 344 g/mol. The van der Waals surface area contributed by atoms with E-state index in [9.17, 15) is 0 Å². The van der Waals surface area contributed by atoms with Crippen molar-refractivity contribution in [2.45, 2.75) is 26.1 Å². The van der Waals surface area contributed by atoms with Gasteiger partial charge in [-0.05, 0) is 41.8 Å². The SMILES string of the molecule is COc1ccc2c(c1)c(CNC(C)c1ccccc1)cn2Cc1ccccc1. The van der Waals surface area contributed by atoms with Crippen molar-refractivity contribution in [3.05, 3.63) is 102 Å². The van der Waals surface area contributed by atoms with E-state index in [4.69, 9.17) is 4.74 Å². The Morgan fingerprint density at radius 1 is 0.929 bits per heavy atom. The third-order valence-corrected chi connectivity index (χ3v) is 5.26. The van der Waals surface area contributed by atoms with Gasteiger partial charge in [-0.25, -0.2) is 0 Å². The molecule has 1 N–H and O–H groups in total. The normalized spacial score (nSPS) is 12.2. The standard InChI is InChI=1S/C25H26N2O/c1-19(21-11-7-4-8-12-21)26-16-22-18-27(17-20-9-5-3-6-10-20)25-14-13-23(28-2)15-24(22)25/h3-15,18-19,26H,16-17H2,1-2H3. The third kappa shape index (κ3) is 3.95. The van der Waals surface area contributed by atoms with Gasteiger partial charge in [0.15, 0.2) is 0 Å². The molecule has 0 fully saturated rings. The Balaban J connectivity index is 1.63. The fourth-order valence-electron chi connectivity index (χ4n) is 3.65. The van der Waals surface area contributed by atoms with E-state index in [1.807, 2.05) is 6.07 Å². The molecule has 1 atom stereocenters. The zero-order valence-corrected chi connectivity index (χ0v) is 16.4. The maximum atomic E-state index is 5.47. The van der Waals surface area contributed by atoms with Crippen molar-refractivity contribution in [2.75, 3.05) is 7.11 Å². The van der Waals surface area contributed by atoms with E-state index in [0.717, 1.165) is 18.8 Å². The summed E-state index contributed by atoms with van der Waals surface area (Å²) in [5, 5.41) is 4.91. The summed E-state index contributed by atoms with van der Waals surface area (Å²) >= 11 is 0. The number of ether oxygens (including phenoxy) is 1. The van der Waals surface area contributed by atoms with E-state index in [1.165, 1.54) is 27.6 Å². The quantitative estimate of drug-likeness (QED) is 0.462. The van der Waals surface area contributed by atoms with Crippen LogP contribution in [0.2, 0.25) is 0 Å². The van der Waals surface area contributed by atoms with Gasteiger partial charge in [0, 0.05) is 36.2 Å². The minimum Gasteiger partial charge on any atom is -0.497 e. The van der Waals surface area contributed by atoms with Gasteiger partial charge in [-0.3, -0.25) is 0 Å². The molecule has 0 saturated carbocycles. The number of nitrogens with zero attached hydrogens (tertiary/aromatic N) is 1. The molecule has 4 rings (SSSR count). The third-order valence-electron chi connectivity index (χ3n) is 5.26. The van der Waals surface area contributed by atoms with Crippen molar-refractivity contribution in [2.24, 2.45) is 0 Å². The molecule has 0 spiro atoms. The van der Waals surface area contributed by atoms with Gasteiger partial charge in [0.05, 0.1) is 7.11 Å². The first kappa shape index (κ1) is 18.3. The maximum absolute atomic E-state index is 5.47. The maximum Gasteiger partial charge on any atom is 0.119 e. The van der Waals surface area contributed by atoms with Crippen molar-refractivity contribution < 1.29 is 4.74 Å². The highest BCUT2D eigenvalue weighted by atomic mass is 16.5. The van der Waals surface area contributed by atoms with Crippen LogP contribution in [0.15, 0.2) is 85.1 Å². The molecule has 3 aromatic carbocycles. The van der Waals surface area contributed by atoms with Crippen LogP contribution in [0.4, 0.5) is 0 Å². The number of nitrogens with one attached hydrogen (secondary N) is 1. The highest BCUT2D eigenvalue weighted by molar-refractivity contribution is 5.85. The van der Waals surface area contributed by atoms with Gasteiger partial charge >= 0.3 is 0 Å². The van der Waals surface area contributed by atoms with Crippen LogP contribution in [-0.4, -0.2) is 11.7 Å². The first-order valence-corrected chi connectivity index (χ1v) is 9.72. The number of hydrogen-bond donors (Lipinski definition) is 1.